The molecule has 0 N–H and O–H groups in total. The lowest BCUT2D eigenvalue weighted by atomic mass is 10.1. The van der Waals surface area contributed by atoms with Crippen molar-refractivity contribution >= 4 is 17.2 Å². The van der Waals surface area contributed by atoms with Gasteiger partial charge in [-0.15, -0.1) is 11.3 Å². The highest BCUT2D eigenvalue weighted by Gasteiger charge is 2.27. The van der Waals surface area contributed by atoms with E-state index in [-0.39, 0.29) is 5.91 Å². The Morgan fingerprint density at radius 1 is 1.45 bits per heavy atom. The van der Waals surface area contributed by atoms with Crippen LogP contribution in [0.1, 0.15) is 39.0 Å². The first-order valence-electron chi connectivity index (χ1n) is 7.77. The number of amides is 1. The molecule has 2 aliphatic heterocycles. The van der Waals surface area contributed by atoms with Gasteiger partial charge in [0.05, 0.1) is 30.5 Å². The standard InChI is InChI=1S/C16H19N3O2S/c20-16(15-8-12-10-21-7-3-14(12)22-15)18-5-1-2-13(9-18)19-6-4-17-11-19/h4,6,8,11,13H,1-3,5,7,9-10H2. The van der Waals surface area contributed by atoms with Crippen molar-refractivity contribution in [1.29, 1.82) is 0 Å². The molecule has 0 bridgehead atoms. The van der Waals surface area contributed by atoms with Gasteiger partial charge < -0.3 is 14.2 Å². The van der Waals surface area contributed by atoms with E-state index in [0.29, 0.717) is 12.6 Å². The van der Waals surface area contributed by atoms with E-state index in [1.165, 1.54) is 10.4 Å². The zero-order valence-corrected chi connectivity index (χ0v) is 13.2. The van der Waals surface area contributed by atoms with Gasteiger partial charge in [0.1, 0.15) is 0 Å². The predicted octanol–water partition coefficient (Wildman–Crippen LogP) is 2.49. The lowest BCUT2D eigenvalue weighted by Crippen LogP contribution is -2.40. The summed E-state index contributed by atoms with van der Waals surface area (Å²) < 4.78 is 7.59. The monoisotopic (exact) mass is 317 g/mol. The molecule has 1 atom stereocenters. The van der Waals surface area contributed by atoms with Crippen LogP contribution in [0.25, 0.3) is 0 Å². The molecule has 4 rings (SSSR count). The topological polar surface area (TPSA) is 47.4 Å². The summed E-state index contributed by atoms with van der Waals surface area (Å²) in [5, 5.41) is 0. The molecule has 1 saturated heterocycles. The van der Waals surface area contributed by atoms with Crippen LogP contribution in [0, 0.1) is 0 Å². The van der Waals surface area contributed by atoms with Crippen LogP contribution in [0.3, 0.4) is 0 Å². The largest absolute Gasteiger partial charge is 0.376 e. The molecule has 5 nitrogen and oxygen atoms in total. The second-order valence-electron chi connectivity index (χ2n) is 5.92. The van der Waals surface area contributed by atoms with Crippen molar-refractivity contribution in [2.45, 2.75) is 31.9 Å². The number of carbonyl (C=O) groups is 1. The van der Waals surface area contributed by atoms with Gasteiger partial charge in [-0.2, -0.15) is 0 Å². The van der Waals surface area contributed by atoms with E-state index in [2.05, 4.69) is 9.55 Å². The number of nitrogens with zero attached hydrogens (tertiary/aromatic N) is 3. The number of piperidine rings is 1. The molecule has 0 spiro atoms. The zero-order valence-electron chi connectivity index (χ0n) is 12.4. The second-order valence-corrected chi connectivity index (χ2v) is 7.06. The minimum atomic E-state index is 0.171. The first kappa shape index (κ1) is 14.0. The van der Waals surface area contributed by atoms with Gasteiger partial charge >= 0.3 is 0 Å². The number of rotatable bonds is 2. The molecule has 1 fully saturated rings. The molecule has 6 heteroatoms. The highest BCUT2D eigenvalue weighted by atomic mass is 32.1. The Morgan fingerprint density at radius 3 is 3.23 bits per heavy atom. The van der Waals surface area contributed by atoms with E-state index < -0.39 is 0 Å². The van der Waals surface area contributed by atoms with E-state index in [0.717, 1.165) is 43.8 Å². The Kier molecular flexibility index (Phi) is 3.72. The molecule has 4 heterocycles. The maximum Gasteiger partial charge on any atom is 0.264 e. The first-order valence-corrected chi connectivity index (χ1v) is 8.59. The normalized spacial score (nSPS) is 21.6. The summed E-state index contributed by atoms with van der Waals surface area (Å²) in [6.07, 6.45) is 8.72. The van der Waals surface area contributed by atoms with E-state index in [4.69, 9.17) is 4.74 Å². The highest BCUT2D eigenvalue weighted by Crippen LogP contribution is 2.29. The predicted molar refractivity (Wildman–Crippen MR) is 84.1 cm³/mol. The van der Waals surface area contributed by atoms with Crippen LogP contribution in [0.5, 0.6) is 0 Å². The van der Waals surface area contributed by atoms with Crippen LogP contribution in [-0.4, -0.2) is 40.1 Å². The Morgan fingerprint density at radius 2 is 2.41 bits per heavy atom. The molecule has 116 valence electrons. The van der Waals surface area contributed by atoms with Crippen LogP contribution in [0.4, 0.5) is 0 Å². The summed E-state index contributed by atoms with van der Waals surface area (Å²) in [5.41, 5.74) is 1.20. The summed E-state index contributed by atoms with van der Waals surface area (Å²) >= 11 is 1.65. The van der Waals surface area contributed by atoms with Crippen molar-refractivity contribution in [3.05, 3.63) is 40.1 Å². The minimum Gasteiger partial charge on any atom is -0.376 e. The molecule has 0 aliphatic carbocycles. The maximum atomic E-state index is 12.8. The van der Waals surface area contributed by atoms with Crippen LogP contribution in [0.15, 0.2) is 24.8 Å². The molecule has 1 amide bonds. The molecular formula is C16H19N3O2S. The maximum absolute atomic E-state index is 12.8. The Balaban J connectivity index is 1.51. The van der Waals surface area contributed by atoms with Gasteiger partial charge in [-0.3, -0.25) is 4.79 Å². The van der Waals surface area contributed by atoms with Gasteiger partial charge in [-0.1, -0.05) is 0 Å². The van der Waals surface area contributed by atoms with Gasteiger partial charge in [0.2, 0.25) is 0 Å². The van der Waals surface area contributed by atoms with Gasteiger partial charge in [-0.25, -0.2) is 4.98 Å². The molecular weight excluding hydrogens is 298 g/mol. The number of thiophene rings is 1. The minimum absolute atomic E-state index is 0.171. The fraction of sp³-hybridized carbons (Fsp3) is 0.500. The van der Waals surface area contributed by atoms with Gasteiger partial charge in [0, 0.05) is 36.8 Å². The summed E-state index contributed by atoms with van der Waals surface area (Å²) in [7, 11) is 0. The third kappa shape index (κ3) is 2.57. The average Bonchev–Trinajstić information content (AvgIpc) is 3.23. The third-order valence-electron chi connectivity index (χ3n) is 4.47. The fourth-order valence-electron chi connectivity index (χ4n) is 3.28. The lowest BCUT2D eigenvalue weighted by molar-refractivity contribution is 0.0684. The fourth-order valence-corrected chi connectivity index (χ4v) is 4.39. The van der Waals surface area contributed by atoms with E-state index in [1.54, 1.807) is 17.5 Å². The Bertz CT molecular complexity index is 641. The van der Waals surface area contributed by atoms with Crippen LogP contribution >= 0.6 is 11.3 Å². The van der Waals surface area contributed by atoms with Crippen molar-refractivity contribution in [3.63, 3.8) is 0 Å². The number of imidazole rings is 1. The molecule has 0 saturated carbocycles. The smallest absolute Gasteiger partial charge is 0.264 e. The molecule has 0 aromatic carbocycles. The van der Waals surface area contributed by atoms with Crippen molar-refractivity contribution in [2.24, 2.45) is 0 Å². The van der Waals surface area contributed by atoms with Crippen molar-refractivity contribution in [1.82, 2.24) is 14.5 Å². The summed E-state index contributed by atoms with van der Waals surface area (Å²) in [4.78, 5) is 21.1. The Hall–Kier alpha value is -1.66. The number of carbonyl (C=O) groups excluding carboxylic acids is 1. The summed E-state index contributed by atoms with van der Waals surface area (Å²) in [5.74, 6) is 0.171. The van der Waals surface area contributed by atoms with Gasteiger partial charge in [0.15, 0.2) is 0 Å². The van der Waals surface area contributed by atoms with E-state index >= 15 is 0 Å². The van der Waals surface area contributed by atoms with Crippen LogP contribution in [-0.2, 0) is 17.8 Å². The van der Waals surface area contributed by atoms with E-state index in [1.807, 2.05) is 23.5 Å². The van der Waals surface area contributed by atoms with Gasteiger partial charge in [-0.05, 0) is 24.5 Å². The van der Waals surface area contributed by atoms with E-state index in [9.17, 15) is 4.79 Å². The Labute approximate surface area is 133 Å². The summed E-state index contributed by atoms with van der Waals surface area (Å²) in [6, 6.07) is 2.38. The zero-order chi connectivity index (χ0) is 14.9. The second kappa shape index (κ2) is 5.85. The molecule has 22 heavy (non-hydrogen) atoms. The lowest BCUT2D eigenvalue weighted by Gasteiger charge is -2.33. The van der Waals surface area contributed by atoms with Crippen LogP contribution < -0.4 is 0 Å². The molecule has 0 radical (unpaired) electrons. The van der Waals surface area contributed by atoms with Gasteiger partial charge in [0.25, 0.3) is 5.91 Å². The number of hydrogen-bond acceptors (Lipinski definition) is 4. The van der Waals surface area contributed by atoms with Crippen molar-refractivity contribution in [2.75, 3.05) is 19.7 Å². The third-order valence-corrected chi connectivity index (χ3v) is 5.69. The molecule has 2 aromatic heterocycles. The number of ether oxygens (including phenoxy) is 1. The van der Waals surface area contributed by atoms with Crippen LogP contribution in [0.2, 0.25) is 0 Å². The number of likely N-dealkylation sites (tertiary alicyclic amines) is 1. The highest BCUT2D eigenvalue weighted by molar-refractivity contribution is 7.14. The van der Waals surface area contributed by atoms with Crippen molar-refractivity contribution < 1.29 is 9.53 Å². The summed E-state index contributed by atoms with van der Waals surface area (Å²) in [6.45, 7) is 3.04. The number of fused-ring (bicyclic) bond motifs is 1. The molecule has 2 aromatic rings. The van der Waals surface area contributed by atoms with Crippen molar-refractivity contribution in [3.8, 4) is 0 Å². The molecule has 1 unspecified atom stereocenters. The average molecular weight is 317 g/mol. The number of aromatic nitrogens is 2. The SMILES string of the molecule is O=C(c1cc2c(s1)CCOC2)N1CCCC(n2ccnc2)C1. The quantitative estimate of drug-likeness (QED) is 0.855. The first-order chi connectivity index (χ1) is 10.8. The number of hydrogen-bond donors (Lipinski definition) is 0. The molecule has 2 aliphatic rings.